The number of aromatic hydroxyl groups is 1. The zero-order valence-electron chi connectivity index (χ0n) is 47.0. The van der Waals surface area contributed by atoms with Crippen molar-refractivity contribution in [2.24, 2.45) is 56.0 Å². The average molecular weight is 1150 g/mol. The van der Waals surface area contributed by atoms with Crippen LogP contribution < -0.4 is 77.4 Å². The smallest absolute Gasteiger partial charge is 0.245 e. The molecule has 0 aliphatic carbocycles. The molecule has 1 heterocycles. The normalized spacial score (nSPS) is 15.4. The number of unbranched alkanes of at least 4 members (excludes halogenated alkanes) is 1. The number of hydrogen-bond acceptors (Lipinski definition) is 14. The van der Waals surface area contributed by atoms with E-state index < -0.39 is 114 Å². The zero-order valence-corrected chi connectivity index (χ0v) is 47.0. The molecule has 3 rings (SSSR count). The molecule has 0 saturated carbocycles. The quantitative estimate of drug-likeness (QED) is 0.0180. The number of rotatable bonds is 36. The number of carbonyl (C=O) groups is 10. The number of nitrogens with zero attached hydrogens (tertiary/aromatic N) is 3. The van der Waals surface area contributed by atoms with Crippen LogP contribution in [0, 0.1) is 5.92 Å². The monoisotopic (exact) mass is 1150 g/mol. The number of benzene rings is 2. The van der Waals surface area contributed by atoms with E-state index in [1.807, 2.05) is 20.8 Å². The third-order valence-electron chi connectivity index (χ3n) is 13.2. The maximum atomic E-state index is 14.7. The number of phenols is 1. The molecule has 2 aromatic rings. The van der Waals surface area contributed by atoms with E-state index in [2.05, 4.69) is 47.2 Å². The Kier molecular flexibility index (Phi) is 29.1. The first-order valence-corrected chi connectivity index (χ1v) is 27.5. The minimum absolute atomic E-state index is 0.00439. The number of amides is 10. The zero-order chi connectivity index (χ0) is 60.9. The maximum Gasteiger partial charge on any atom is 0.245 e. The molecule has 452 valence electrons. The molecule has 0 spiro atoms. The van der Waals surface area contributed by atoms with E-state index in [9.17, 15) is 53.1 Å². The van der Waals surface area contributed by atoms with Gasteiger partial charge in [0.05, 0.1) is 6.42 Å². The first-order chi connectivity index (χ1) is 38.9. The van der Waals surface area contributed by atoms with E-state index in [1.165, 1.54) is 17.0 Å². The molecule has 82 heavy (non-hydrogen) atoms. The van der Waals surface area contributed by atoms with Gasteiger partial charge in [0.25, 0.3) is 0 Å². The fraction of sp³-hybridized carbons (Fsp3) is 0.556. The minimum Gasteiger partial charge on any atom is -0.508 e. The summed E-state index contributed by atoms with van der Waals surface area (Å²) in [5, 5.41) is 28.7. The van der Waals surface area contributed by atoms with Crippen molar-refractivity contribution in [2.75, 3.05) is 26.2 Å². The van der Waals surface area contributed by atoms with Crippen molar-refractivity contribution in [2.45, 2.75) is 159 Å². The van der Waals surface area contributed by atoms with Crippen LogP contribution in [0.25, 0.3) is 0 Å². The highest BCUT2D eigenvalue weighted by atomic mass is 16.3. The van der Waals surface area contributed by atoms with Gasteiger partial charge in [0.15, 0.2) is 11.9 Å². The lowest BCUT2D eigenvalue weighted by atomic mass is 9.99. The van der Waals surface area contributed by atoms with Crippen molar-refractivity contribution in [3.8, 4) is 5.75 Å². The predicted octanol–water partition coefficient (Wildman–Crippen LogP) is -3.39. The van der Waals surface area contributed by atoms with Crippen LogP contribution >= 0.6 is 0 Å². The summed E-state index contributed by atoms with van der Waals surface area (Å²) in [5.41, 5.74) is 39.6. The highest BCUT2D eigenvalue weighted by molar-refractivity contribution is 5.99. The Morgan fingerprint density at radius 1 is 0.598 bits per heavy atom. The summed E-state index contributed by atoms with van der Waals surface area (Å²) < 4.78 is 0. The summed E-state index contributed by atoms with van der Waals surface area (Å²) >= 11 is 0. The van der Waals surface area contributed by atoms with Crippen LogP contribution in [-0.4, -0.2) is 156 Å². The standard InChI is InChI=1S/C54H85N17O11/c1-4-5-14-35(65-48(78)39(27-31(2)3)69-50(80)41(28-32-12-7-6-8-13-32)70-49(79)40(64-44(74)22-23-55)29-33-18-20-34(72)21-19-33)46(76)67-37(16-10-25-63-54(60)61)52(82)71-26-11-17-42(71)51(81)66-36(15-9-24-62-53(58)59)47(77)68-38(45(57)75)30-43(56)73/h6-8,12-13,18-21,31,35-42,72H,4-5,9-11,14-17,22-30,55H2,1-3H3,(H2,56,73)(H2,57,75)(H,64,74)(H,65,78)(H,66,81)(H,67,76)(H,68,77)(H,69,80)(H,70,79)(H4,58,59,62)(H4,60,61,63)/t35-,36-,37-,38-,39-,40-,41-,42-/m0/s1. The lowest BCUT2D eigenvalue weighted by Gasteiger charge is -2.31. The summed E-state index contributed by atoms with van der Waals surface area (Å²) in [6.07, 6.45) is 1.27. The second kappa shape index (κ2) is 35.2. The highest BCUT2D eigenvalue weighted by Gasteiger charge is 2.40. The number of guanidine groups is 2. The number of phenolic OH excluding ortho intramolecular Hbond substituents is 1. The molecule has 22 N–H and O–H groups in total. The largest absolute Gasteiger partial charge is 0.508 e. The number of primary amides is 2. The number of nitrogens with two attached hydrogens (primary N) is 7. The van der Waals surface area contributed by atoms with E-state index in [0.717, 1.165) is 0 Å². The summed E-state index contributed by atoms with van der Waals surface area (Å²) in [7, 11) is 0. The van der Waals surface area contributed by atoms with E-state index in [-0.39, 0.29) is 114 Å². The van der Waals surface area contributed by atoms with Crippen LogP contribution in [-0.2, 0) is 60.8 Å². The SMILES string of the molecule is CCCC[C@H](NC(=O)[C@H](CC(C)C)NC(=O)[C@H](Cc1ccccc1)NC(=O)[C@H](Cc1ccc(O)cc1)NC(=O)CCN)C(=O)N[C@@H](CCCN=C(N)N)C(=O)N1CCC[C@H]1C(=O)N[C@@H](CCCN=C(N)N)C(=O)N[C@@H](CC(N)=O)C(N)=O. The number of carbonyl (C=O) groups excluding carboxylic acids is 10. The molecule has 28 heteroatoms. The maximum absolute atomic E-state index is 14.7. The van der Waals surface area contributed by atoms with Crippen molar-refractivity contribution in [1.82, 2.24) is 42.1 Å². The van der Waals surface area contributed by atoms with Crippen LogP contribution in [0.3, 0.4) is 0 Å². The van der Waals surface area contributed by atoms with Crippen LogP contribution in [0.1, 0.15) is 109 Å². The summed E-state index contributed by atoms with van der Waals surface area (Å²) in [6.45, 7) is 5.74. The molecule has 0 radical (unpaired) electrons. The molecule has 1 aliphatic heterocycles. The molecule has 1 fully saturated rings. The molecule has 0 bridgehead atoms. The van der Waals surface area contributed by atoms with Crippen LogP contribution in [0.4, 0.5) is 0 Å². The van der Waals surface area contributed by atoms with Crippen LogP contribution in [0.15, 0.2) is 64.6 Å². The molecule has 0 unspecified atom stereocenters. The molecule has 10 amide bonds. The lowest BCUT2D eigenvalue weighted by molar-refractivity contribution is -0.143. The lowest BCUT2D eigenvalue weighted by Crippen LogP contribution is -2.60. The molecule has 2 aromatic carbocycles. The van der Waals surface area contributed by atoms with E-state index in [1.54, 1.807) is 42.5 Å². The minimum atomic E-state index is -1.50. The summed E-state index contributed by atoms with van der Waals surface area (Å²) in [4.78, 5) is 146. The third kappa shape index (κ3) is 24.4. The molecule has 28 nitrogen and oxygen atoms in total. The van der Waals surface area contributed by atoms with E-state index >= 15 is 0 Å². The van der Waals surface area contributed by atoms with Gasteiger partial charge >= 0.3 is 0 Å². The molecule has 0 aromatic heterocycles. The number of likely N-dealkylation sites (tertiary alicyclic amines) is 1. The van der Waals surface area contributed by atoms with Crippen molar-refractivity contribution in [1.29, 1.82) is 0 Å². The van der Waals surface area contributed by atoms with E-state index in [4.69, 9.17) is 40.1 Å². The Morgan fingerprint density at radius 2 is 1.07 bits per heavy atom. The molecule has 1 aliphatic rings. The van der Waals surface area contributed by atoms with Gasteiger partial charge in [-0.3, -0.25) is 57.9 Å². The van der Waals surface area contributed by atoms with Gasteiger partial charge < -0.3 is 87.4 Å². The van der Waals surface area contributed by atoms with Gasteiger partial charge in [-0.25, -0.2) is 0 Å². The van der Waals surface area contributed by atoms with Crippen molar-refractivity contribution < 1.29 is 53.1 Å². The molecule has 8 atom stereocenters. The van der Waals surface area contributed by atoms with Gasteiger partial charge in [-0.05, 0) is 80.5 Å². The van der Waals surface area contributed by atoms with Crippen LogP contribution in [0.2, 0.25) is 0 Å². The summed E-state index contributed by atoms with van der Waals surface area (Å²) in [6, 6.07) is 4.62. The summed E-state index contributed by atoms with van der Waals surface area (Å²) in [5.74, 6) is -8.32. The third-order valence-corrected chi connectivity index (χ3v) is 13.2. The Bertz CT molecular complexity index is 2520. The van der Waals surface area contributed by atoms with Gasteiger partial charge in [-0.15, -0.1) is 0 Å². The Balaban J connectivity index is 1.94. The number of nitrogens with one attached hydrogen (secondary N) is 7. The van der Waals surface area contributed by atoms with Crippen LogP contribution in [0.5, 0.6) is 5.75 Å². The van der Waals surface area contributed by atoms with Gasteiger partial charge in [0.1, 0.15) is 54.1 Å². The number of hydrogen-bond donors (Lipinski definition) is 15. The fourth-order valence-electron chi connectivity index (χ4n) is 9.00. The average Bonchev–Trinajstić information content (AvgIpc) is 3.94. The highest BCUT2D eigenvalue weighted by Crippen LogP contribution is 2.21. The Hall–Kier alpha value is -8.56. The first-order valence-electron chi connectivity index (χ1n) is 27.5. The van der Waals surface area contributed by atoms with Gasteiger partial charge in [0.2, 0.25) is 59.1 Å². The second-order valence-corrected chi connectivity index (χ2v) is 20.5. The van der Waals surface area contributed by atoms with Crippen molar-refractivity contribution >= 4 is 71.0 Å². The van der Waals surface area contributed by atoms with Gasteiger partial charge in [-0.2, -0.15) is 0 Å². The second-order valence-electron chi connectivity index (χ2n) is 20.5. The number of aliphatic imine (C=N–C) groups is 2. The fourth-order valence-corrected chi connectivity index (χ4v) is 9.00. The Labute approximate surface area is 477 Å². The Morgan fingerprint density at radius 3 is 1.61 bits per heavy atom. The van der Waals surface area contributed by atoms with E-state index in [0.29, 0.717) is 30.4 Å². The molecular weight excluding hydrogens is 1060 g/mol. The van der Waals surface area contributed by atoms with Gasteiger partial charge in [0, 0.05) is 45.4 Å². The van der Waals surface area contributed by atoms with Crippen molar-refractivity contribution in [3.05, 3.63) is 65.7 Å². The molecular formula is C54H85N17O11. The van der Waals surface area contributed by atoms with Gasteiger partial charge in [-0.1, -0.05) is 76.1 Å². The predicted molar refractivity (Wildman–Crippen MR) is 306 cm³/mol. The topological polar surface area (TPSA) is 485 Å². The molecule has 1 saturated heterocycles. The van der Waals surface area contributed by atoms with Crippen molar-refractivity contribution in [3.63, 3.8) is 0 Å². The first kappa shape index (κ1) is 67.7.